The van der Waals surface area contributed by atoms with Crippen molar-refractivity contribution in [2.24, 2.45) is 0 Å². The highest BCUT2D eigenvalue weighted by atomic mass is 79.9. The van der Waals surface area contributed by atoms with Crippen molar-refractivity contribution in [3.8, 4) is 11.3 Å². The van der Waals surface area contributed by atoms with Crippen LogP contribution in [-0.2, 0) is 6.18 Å². The first kappa shape index (κ1) is 21.5. The van der Waals surface area contributed by atoms with Gasteiger partial charge in [-0.2, -0.15) is 18.2 Å². The predicted molar refractivity (Wildman–Crippen MR) is 118 cm³/mol. The summed E-state index contributed by atoms with van der Waals surface area (Å²) in [5.74, 6) is 0.868. The van der Waals surface area contributed by atoms with E-state index in [1.165, 1.54) is 12.5 Å². The fourth-order valence-corrected chi connectivity index (χ4v) is 4.12. The van der Waals surface area contributed by atoms with Crippen LogP contribution in [-0.4, -0.2) is 21.0 Å². The minimum absolute atomic E-state index is 0.00892. The fourth-order valence-electron chi connectivity index (χ4n) is 3.64. The summed E-state index contributed by atoms with van der Waals surface area (Å²) in [6, 6.07) is 9.68. The van der Waals surface area contributed by atoms with Gasteiger partial charge in [0.25, 0.3) is 0 Å². The minimum atomic E-state index is -4.46. The van der Waals surface area contributed by atoms with Gasteiger partial charge in [0.1, 0.15) is 5.82 Å². The van der Waals surface area contributed by atoms with E-state index < -0.39 is 11.7 Å². The lowest BCUT2D eigenvalue weighted by Gasteiger charge is -2.23. The lowest BCUT2D eigenvalue weighted by Crippen LogP contribution is -2.23. The average molecular weight is 492 g/mol. The summed E-state index contributed by atoms with van der Waals surface area (Å²) >= 11 is 2.97. The van der Waals surface area contributed by atoms with E-state index in [1.807, 2.05) is 12.1 Å². The van der Waals surface area contributed by atoms with E-state index in [0.717, 1.165) is 37.3 Å². The van der Waals surface area contributed by atoms with Crippen molar-refractivity contribution in [3.05, 3.63) is 58.8 Å². The number of nitrogens with zero attached hydrogens (tertiary/aromatic N) is 3. The molecule has 1 fully saturated rings. The van der Waals surface area contributed by atoms with Crippen LogP contribution in [0.5, 0.6) is 0 Å². The van der Waals surface area contributed by atoms with Crippen molar-refractivity contribution in [3.63, 3.8) is 0 Å². The molecule has 0 bridgehead atoms. The SMILES string of the molecule is FC(F)(F)c1cc(Nc2cc(-c3ccncc3)nc(NC3CCCCC3)n2)ccc1Br. The van der Waals surface area contributed by atoms with Crippen LogP contribution in [0.1, 0.15) is 37.7 Å². The number of benzene rings is 1. The second kappa shape index (κ2) is 9.21. The molecule has 0 unspecified atom stereocenters. The van der Waals surface area contributed by atoms with Gasteiger partial charge in [-0.3, -0.25) is 4.98 Å². The molecular weight excluding hydrogens is 471 g/mol. The van der Waals surface area contributed by atoms with Crippen LogP contribution in [0.2, 0.25) is 0 Å². The molecule has 1 aromatic carbocycles. The third kappa shape index (κ3) is 5.52. The van der Waals surface area contributed by atoms with Crippen LogP contribution >= 0.6 is 15.9 Å². The maximum Gasteiger partial charge on any atom is 0.417 e. The number of hydrogen-bond acceptors (Lipinski definition) is 5. The number of pyridine rings is 1. The normalized spacial score (nSPS) is 15.0. The smallest absolute Gasteiger partial charge is 0.351 e. The highest BCUT2D eigenvalue weighted by Crippen LogP contribution is 2.37. The first-order valence-corrected chi connectivity index (χ1v) is 10.9. The van der Waals surface area contributed by atoms with Gasteiger partial charge in [0.15, 0.2) is 0 Å². The maximum atomic E-state index is 13.3. The van der Waals surface area contributed by atoms with Crippen LogP contribution in [0.15, 0.2) is 53.3 Å². The number of anilines is 3. The molecule has 0 radical (unpaired) electrons. The van der Waals surface area contributed by atoms with Crippen LogP contribution in [0.4, 0.5) is 30.6 Å². The summed E-state index contributed by atoms with van der Waals surface area (Å²) in [5, 5.41) is 6.40. The predicted octanol–water partition coefficient (Wildman–Crippen LogP) is 6.81. The van der Waals surface area contributed by atoms with Gasteiger partial charge in [0, 0.05) is 40.2 Å². The standard InChI is InChI=1S/C22H21BrF3N5/c23-18-7-6-16(12-17(18)22(24,25)26)28-20-13-19(14-8-10-27-11-9-14)30-21(31-20)29-15-4-2-1-3-5-15/h6-13,15H,1-5H2,(H2,28,29,30,31). The molecule has 1 saturated carbocycles. The van der Waals surface area contributed by atoms with E-state index in [1.54, 1.807) is 24.5 Å². The molecular formula is C22H21BrF3N5. The summed E-state index contributed by atoms with van der Waals surface area (Å²) in [6.45, 7) is 0. The Balaban J connectivity index is 1.67. The topological polar surface area (TPSA) is 62.7 Å². The largest absolute Gasteiger partial charge is 0.417 e. The Morgan fingerprint density at radius 1 is 0.935 bits per heavy atom. The fraction of sp³-hybridized carbons (Fsp3) is 0.318. The van der Waals surface area contributed by atoms with E-state index in [0.29, 0.717) is 29.2 Å². The van der Waals surface area contributed by atoms with E-state index in [4.69, 9.17) is 0 Å². The van der Waals surface area contributed by atoms with E-state index >= 15 is 0 Å². The molecule has 2 heterocycles. The van der Waals surface area contributed by atoms with Gasteiger partial charge in [-0.15, -0.1) is 0 Å². The van der Waals surface area contributed by atoms with E-state index in [9.17, 15) is 13.2 Å². The number of rotatable bonds is 5. The maximum absolute atomic E-state index is 13.3. The highest BCUT2D eigenvalue weighted by Gasteiger charge is 2.33. The molecule has 0 saturated heterocycles. The Morgan fingerprint density at radius 2 is 1.68 bits per heavy atom. The molecule has 0 amide bonds. The van der Waals surface area contributed by atoms with Crippen molar-refractivity contribution in [1.29, 1.82) is 0 Å². The number of alkyl halides is 3. The molecule has 2 aromatic heterocycles. The molecule has 2 N–H and O–H groups in total. The Labute approximate surface area is 186 Å². The summed E-state index contributed by atoms with van der Waals surface area (Å²) in [5.41, 5.74) is 1.05. The third-order valence-corrected chi connectivity index (χ3v) is 5.88. The van der Waals surface area contributed by atoms with Gasteiger partial charge in [-0.05, 0) is 43.2 Å². The molecule has 0 atom stereocenters. The zero-order valence-corrected chi connectivity index (χ0v) is 18.2. The monoisotopic (exact) mass is 491 g/mol. The Kier molecular flexibility index (Phi) is 6.41. The highest BCUT2D eigenvalue weighted by molar-refractivity contribution is 9.10. The lowest BCUT2D eigenvalue weighted by atomic mass is 9.96. The molecule has 5 nitrogen and oxygen atoms in total. The molecule has 1 aliphatic rings. The van der Waals surface area contributed by atoms with Crippen molar-refractivity contribution < 1.29 is 13.2 Å². The molecule has 3 aromatic rings. The quantitative estimate of drug-likeness (QED) is 0.410. The molecule has 0 aliphatic heterocycles. The molecule has 9 heteroatoms. The number of halogens is 4. The van der Waals surface area contributed by atoms with Gasteiger partial charge in [0.05, 0.1) is 11.3 Å². The summed E-state index contributed by atoms with van der Waals surface area (Å²) in [6.07, 6.45) is 4.52. The van der Waals surface area contributed by atoms with Gasteiger partial charge >= 0.3 is 6.18 Å². The molecule has 162 valence electrons. The number of nitrogens with one attached hydrogen (secondary N) is 2. The summed E-state index contributed by atoms with van der Waals surface area (Å²) in [4.78, 5) is 13.2. The Bertz CT molecular complexity index is 1040. The zero-order valence-electron chi connectivity index (χ0n) is 16.6. The van der Waals surface area contributed by atoms with Crippen LogP contribution < -0.4 is 10.6 Å². The first-order chi connectivity index (χ1) is 14.9. The average Bonchev–Trinajstić information content (AvgIpc) is 2.75. The third-order valence-electron chi connectivity index (χ3n) is 5.18. The van der Waals surface area contributed by atoms with Crippen LogP contribution in [0.25, 0.3) is 11.3 Å². The van der Waals surface area contributed by atoms with Gasteiger partial charge in [0.2, 0.25) is 5.95 Å². The molecule has 0 spiro atoms. The van der Waals surface area contributed by atoms with Crippen molar-refractivity contribution in [2.45, 2.75) is 44.3 Å². The lowest BCUT2D eigenvalue weighted by molar-refractivity contribution is -0.138. The van der Waals surface area contributed by atoms with Crippen molar-refractivity contribution in [2.75, 3.05) is 10.6 Å². The molecule has 31 heavy (non-hydrogen) atoms. The molecule has 4 rings (SSSR count). The van der Waals surface area contributed by atoms with Gasteiger partial charge in [-0.1, -0.05) is 35.2 Å². The van der Waals surface area contributed by atoms with Crippen molar-refractivity contribution >= 4 is 33.4 Å². The van der Waals surface area contributed by atoms with E-state index in [2.05, 4.69) is 41.5 Å². The second-order valence-electron chi connectivity index (χ2n) is 7.49. The van der Waals surface area contributed by atoms with Crippen molar-refractivity contribution in [1.82, 2.24) is 15.0 Å². The first-order valence-electron chi connectivity index (χ1n) is 10.1. The Morgan fingerprint density at radius 3 is 2.39 bits per heavy atom. The number of hydrogen-bond donors (Lipinski definition) is 2. The van der Waals surface area contributed by atoms with Crippen LogP contribution in [0.3, 0.4) is 0 Å². The summed E-state index contributed by atoms with van der Waals surface area (Å²) < 4.78 is 39.8. The Hall–Kier alpha value is -2.68. The van der Waals surface area contributed by atoms with Gasteiger partial charge in [-0.25, -0.2) is 4.98 Å². The molecule has 1 aliphatic carbocycles. The van der Waals surface area contributed by atoms with Gasteiger partial charge < -0.3 is 10.6 Å². The zero-order chi connectivity index (χ0) is 21.8. The second-order valence-corrected chi connectivity index (χ2v) is 8.35. The van der Waals surface area contributed by atoms with Crippen LogP contribution in [0, 0.1) is 0 Å². The number of aromatic nitrogens is 3. The minimum Gasteiger partial charge on any atom is -0.351 e. The summed E-state index contributed by atoms with van der Waals surface area (Å²) in [7, 11) is 0. The van der Waals surface area contributed by atoms with E-state index in [-0.39, 0.29) is 4.47 Å².